The molecule has 2 amide bonds. The Bertz CT molecular complexity index is 616. The number of methoxy groups -OCH3 is 1. The van der Waals surface area contributed by atoms with Gasteiger partial charge in [-0.3, -0.25) is 0 Å². The molecule has 0 saturated heterocycles. The highest BCUT2D eigenvalue weighted by molar-refractivity contribution is 5.89. The Morgan fingerprint density at radius 2 is 1.87 bits per heavy atom. The minimum atomic E-state index is -0.230. The number of rotatable bonds is 13. The summed E-state index contributed by atoms with van der Waals surface area (Å²) in [5, 5.41) is 5.74. The monoisotopic (exact) mass is 421 g/mol. The van der Waals surface area contributed by atoms with Crippen molar-refractivity contribution >= 4 is 11.7 Å². The van der Waals surface area contributed by atoms with Crippen LogP contribution in [0, 0.1) is 0 Å². The van der Waals surface area contributed by atoms with Crippen LogP contribution in [0.5, 0.6) is 11.5 Å². The molecule has 1 fully saturated rings. The molecule has 7 nitrogen and oxygen atoms in total. The van der Waals surface area contributed by atoms with Crippen molar-refractivity contribution in [1.82, 2.24) is 10.2 Å². The first-order valence-corrected chi connectivity index (χ1v) is 11.4. The second-order valence-electron chi connectivity index (χ2n) is 7.61. The Hall–Kier alpha value is -1.99. The van der Waals surface area contributed by atoms with Crippen LogP contribution in [0.3, 0.4) is 0 Å². The number of anilines is 1. The highest BCUT2D eigenvalue weighted by atomic mass is 16.5. The number of hydrogen-bond donors (Lipinski definition) is 2. The molecule has 1 saturated carbocycles. The molecule has 1 aromatic carbocycles. The fraction of sp³-hybridized carbons (Fsp3) is 0.696. The van der Waals surface area contributed by atoms with Crippen molar-refractivity contribution in [2.24, 2.45) is 0 Å². The number of benzene rings is 1. The summed E-state index contributed by atoms with van der Waals surface area (Å²) in [6, 6.07) is 5.18. The molecule has 30 heavy (non-hydrogen) atoms. The molecule has 0 atom stereocenters. The van der Waals surface area contributed by atoms with Gasteiger partial charge in [-0.2, -0.15) is 0 Å². The van der Waals surface area contributed by atoms with Gasteiger partial charge in [0.2, 0.25) is 0 Å². The average Bonchev–Trinajstić information content (AvgIpc) is 2.77. The third kappa shape index (κ3) is 8.79. The zero-order valence-electron chi connectivity index (χ0n) is 18.9. The molecule has 1 aromatic rings. The molecule has 0 radical (unpaired) electrons. The van der Waals surface area contributed by atoms with Crippen LogP contribution in [-0.2, 0) is 4.74 Å². The van der Waals surface area contributed by atoms with Crippen molar-refractivity contribution in [1.29, 1.82) is 0 Å². The predicted molar refractivity (Wildman–Crippen MR) is 121 cm³/mol. The van der Waals surface area contributed by atoms with Gasteiger partial charge < -0.3 is 29.7 Å². The summed E-state index contributed by atoms with van der Waals surface area (Å²) in [7, 11) is 1.61. The van der Waals surface area contributed by atoms with Crippen LogP contribution in [0.4, 0.5) is 10.5 Å². The second kappa shape index (κ2) is 14.1. The fourth-order valence-electron chi connectivity index (χ4n) is 3.62. The smallest absolute Gasteiger partial charge is 0.319 e. The maximum absolute atomic E-state index is 12.2. The van der Waals surface area contributed by atoms with Crippen molar-refractivity contribution < 1.29 is 19.0 Å². The number of nitrogens with zero attached hydrogens (tertiary/aromatic N) is 1. The van der Waals surface area contributed by atoms with Crippen LogP contribution >= 0.6 is 0 Å². The lowest BCUT2D eigenvalue weighted by molar-refractivity contribution is 0.0276. The molecule has 0 heterocycles. The fourth-order valence-corrected chi connectivity index (χ4v) is 3.62. The van der Waals surface area contributed by atoms with E-state index in [1.54, 1.807) is 19.2 Å². The quantitative estimate of drug-likeness (QED) is 0.465. The zero-order chi connectivity index (χ0) is 21.6. The molecular formula is C23H39N3O4. The molecule has 1 aliphatic rings. The lowest BCUT2D eigenvalue weighted by atomic mass is 9.98. The number of nitrogens with one attached hydrogen (secondary N) is 2. The zero-order valence-corrected chi connectivity index (χ0v) is 18.9. The predicted octanol–water partition coefficient (Wildman–Crippen LogP) is 4.28. The van der Waals surface area contributed by atoms with E-state index >= 15 is 0 Å². The highest BCUT2D eigenvalue weighted by Crippen LogP contribution is 2.30. The molecule has 2 rings (SSSR count). The van der Waals surface area contributed by atoms with E-state index in [9.17, 15) is 4.79 Å². The van der Waals surface area contributed by atoms with E-state index < -0.39 is 0 Å². The molecule has 0 unspecified atom stereocenters. The first-order valence-electron chi connectivity index (χ1n) is 11.4. The van der Waals surface area contributed by atoms with Gasteiger partial charge >= 0.3 is 6.03 Å². The standard InChI is InChI=1S/C23H39N3O4/c1-4-26(5-2)15-17-30-22-18-19(12-13-21(22)28-3)25-23(27)24-14-9-16-29-20-10-7-6-8-11-20/h12-13,18,20H,4-11,14-17H2,1-3H3,(H2,24,25,27). The van der Waals surface area contributed by atoms with Crippen LogP contribution < -0.4 is 20.1 Å². The highest BCUT2D eigenvalue weighted by Gasteiger charge is 2.13. The van der Waals surface area contributed by atoms with Crippen LogP contribution in [0.2, 0.25) is 0 Å². The van der Waals surface area contributed by atoms with Crippen molar-refractivity contribution in [3.8, 4) is 11.5 Å². The second-order valence-corrected chi connectivity index (χ2v) is 7.61. The molecule has 0 aliphatic heterocycles. The normalized spacial score (nSPS) is 14.5. The van der Waals surface area contributed by atoms with Gasteiger partial charge in [0.05, 0.1) is 13.2 Å². The average molecular weight is 422 g/mol. The molecule has 0 spiro atoms. The summed E-state index contributed by atoms with van der Waals surface area (Å²) < 4.78 is 17.2. The Morgan fingerprint density at radius 1 is 1.10 bits per heavy atom. The Labute approximate surface area is 181 Å². The van der Waals surface area contributed by atoms with Crippen molar-refractivity contribution in [3.63, 3.8) is 0 Å². The maximum atomic E-state index is 12.2. The van der Waals surface area contributed by atoms with E-state index in [-0.39, 0.29) is 6.03 Å². The number of carbonyl (C=O) groups excluding carboxylic acids is 1. The van der Waals surface area contributed by atoms with Crippen LogP contribution in [0.15, 0.2) is 18.2 Å². The summed E-state index contributed by atoms with van der Waals surface area (Å²) in [5.41, 5.74) is 0.671. The van der Waals surface area contributed by atoms with Gasteiger partial charge in [-0.25, -0.2) is 4.79 Å². The number of likely N-dealkylation sites (N-methyl/N-ethyl adjacent to an activating group) is 1. The number of amides is 2. The van der Waals surface area contributed by atoms with E-state index in [4.69, 9.17) is 14.2 Å². The molecule has 2 N–H and O–H groups in total. The topological polar surface area (TPSA) is 72.1 Å². The Morgan fingerprint density at radius 3 is 2.57 bits per heavy atom. The largest absolute Gasteiger partial charge is 0.493 e. The SMILES string of the molecule is CCN(CC)CCOc1cc(NC(=O)NCCCOC2CCCCC2)ccc1OC. The summed E-state index contributed by atoms with van der Waals surface area (Å²) in [5.74, 6) is 1.28. The lowest BCUT2D eigenvalue weighted by Gasteiger charge is -2.21. The molecule has 7 heteroatoms. The van der Waals surface area contributed by atoms with E-state index in [1.807, 2.05) is 6.07 Å². The molecule has 0 bridgehead atoms. The van der Waals surface area contributed by atoms with Gasteiger partial charge in [0.1, 0.15) is 6.61 Å². The third-order valence-electron chi connectivity index (χ3n) is 5.49. The number of carbonyl (C=O) groups is 1. The molecule has 170 valence electrons. The lowest BCUT2D eigenvalue weighted by Crippen LogP contribution is -2.30. The van der Waals surface area contributed by atoms with Crippen molar-refractivity contribution in [2.45, 2.75) is 58.5 Å². The minimum Gasteiger partial charge on any atom is -0.493 e. The number of urea groups is 1. The summed E-state index contributed by atoms with van der Waals surface area (Å²) in [4.78, 5) is 14.5. The third-order valence-corrected chi connectivity index (χ3v) is 5.49. The van der Waals surface area contributed by atoms with E-state index in [0.717, 1.165) is 26.1 Å². The number of hydrogen-bond acceptors (Lipinski definition) is 5. The number of ether oxygens (including phenoxy) is 3. The van der Waals surface area contributed by atoms with Crippen molar-refractivity contribution in [3.05, 3.63) is 18.2 Å². The first-order chi connectivity index (χ1) is 14.7. The van der Waals surface area contributed by atoms with E-state index in [0.29, 0.717) is 43.0 Å². The van der Waals surface area contributed by atoms with Crippen LogP contribution in [0.25, 0.3) is 0 Å². The van der Waals surface area contributed by atoms with E-state index in [2.05, 4.69) is 29.4 Å². The summed E-state index contributed by atoms with van der Waals surface area (Å²) >= 11 is 0. The van der Waals surface area contributed by atoms with Crippen molar-refractivity contribution in [2.75, 3.05) is 51.8 Å². The van der Waals surface area contributed by atoms with Gasteiger partial charge in [-0.05, 0) is 44.5 Å². The van der Waals surface area contributed by atoms with Crippen LogP contribution in [-0.4, -0.2) is 63.5 Å². The van der Waals surface area contributed by atoms with Gasteiger partial charge in [-0.1, -0.05) is 33.1 Å². The first kappa shape index (κ1) is 24.3. The summed E-state index contributed by atoms with van der Waals surface area (Å²) in [6.07, 6.45) is 7.44. The maximum Gasteiger partial charge on any atom is 0.319 e. The molecule has 1 aliphatic carbocycles. The Kier molecular flexibility index (Phi) is 11.4. The van der Waals surface area contributed by atoms with Gasteiger partial charge in [0, 0.05) is 31.5 Å². The van der Waals surface area contributed by atoms with E-state index in [1.165, 1.54) is 32.1 Å². The van der Waals surface area contributed by atoms with Gasteiger partial charge in [0.15, 0.2) is 11.5 Å². The summed E-state index contributed by atoms with van der Waals surface area (Å²) in [6.45, 7) is 8.94. The van der Waals surface area contributed by atoms with Crippen LogP contribution in [0.1, 0.15) is 52.4 Å². The molecular weight excluding hydrogens is 382 g/mol. The van der Waals surface area contributed by atoms with Gasteiger partial charge in [0.25, 0.3) is 0 Å². The molecule has 0 aromatic heterocycles. The van der Waals surface area contributed by atoms with Gasteiger partial charge in [-0.15, -0.1) is 0 Å². The minimum absolute atomic E-state index is 0.230. The Balaban J connectivity index is 1.71.